The van der Waals surface area contributed by atoms with Crippen LogP contribution in [0.25, 0.3) is 11.1 Å². The molecular weight excluding hydrogens is 270 g/mol. The topological polar surface area (TPSA) is 29.0 Å². The predicted octanol–water partition coefficient (Wildman–Crippen LogP) is 3.71. The lowest BCUT2D eigenvalue weighted by Crippen LogP contribution is -2.31. The van der Waals surface area contributed by atoms with Crippen LogP contribution in [0.4, 0.5) is 5.95 Å². The summed E-state index contributed by atoms with van der Waals surface area (Å²) in [6, 6.07) is 18.9. The Labute approximate surface area is 130 Å². The third-order valence-corrected chi connectivity index (χ3v) is 4.16. The maximum atomic E-state index is 4.57. The average molecular weight is 287 g/mol. The van der Waals surface area contributed by atoms with E-state index in [9.17, 15) is 0 Å². The molecule has 0 saturated carbocycles. The minimum Gasteiger partial charge on any atom is -0.336 e. The third kappa shape index (κ3) is 2.46. The summed E-state index contributed by atoms with van der Waals surface area (Å²) in [5.74, 6) is 0.814. The second-order valence-corrected chi connectivity index (χ2v) is 5.58. The molecule has 0 aliphatic carbocycles. The van der Waals surface area contributed by atoms with Crippen LogP contribution in [0.2, 0.25) is 0 Å². The Kier molecular flexibility index (Phi) is 3.31. The Morgan fingerprint density at radius 3 is 2.18 bits per heavy atom. The number of benzene rings is 2. The van der Waals surface area contributed by atoms with Crippen LogP contribution in [0, 0.1) is 0 Å². The molecule has 22 heavy (non-hydrogen) atoms. The highest BCUT2D eigenvalue weighted by Crippen LogP contribution is 2.23. The lowest BCUT2D eigenvalue weighted by atomic mass is 10.0. The van der Waals surface area contributed by atoms with Crippen LogP contribution in [0.3, 0.4) is 0 Å². The average Bonchev–Trinajstić information content (AvgIpc) is 2.62. The monoisotopic (exact) mass is 287 g/mol. The molecular formula is C19H17N3. The standard InChI is InChI=1S/C19H17N3/c1-2-6-15(7-3-1)18-12-20-19(21-13-18)22-11-10-16-8-4-5-9-17(16)14-22/h1-9,12-13H,10-11,14H2. The van der Waals surface area contributed by atoms with Crippen LogP contribution in [0.15, 0.2) is 67.0 Å². The molecule has 0 bridgehead atoms. The SMILES string of the molecule is c1ccc(-c2cnc(N3CCc4ccccc4C3)nc2)cc1. The molecule has 2 aromatic carbocycles. The van der Waals surface area contributed by atoms with Crippen molar-refractivity contribution in [2.45, 2.75) is 13.0 Å². The summed E-state index contributed by atoms with van der Waals surface area (Å²) >= 11 is 0. The van der Waals surface area contributed by atoms with Gasteiger partial charge in [0.1, 0.15) is 0 Å². The molecule has 2 heterocycles. The molecule has 3 heteroatoms. The van der Waals surface area contributed by atoms with E-state index in [0.717, 1.165) is 36.6 Å². The highest BCUT2D eigenvalue weighted by atomic mass is 15.2. The number of aromatic nitrogens is 2. The van der Waals surface area contributed by atoms with Crippen molar-refractivity contribution in [1.82, 2.24) is 9.97 Å². The van der Waals surface area contributed by atoms with Crippen LogP contribution in [0.1, 0.15) is 11.1 Å². The Bertz CT molecular complexity index is 766. The van der Waals surface area contributed by atoms with Gasteiger partial charge in [-0.25, -0.2) is 9.97 Å². The normalized spacial score (nSPS) is 13.7. The summed E-state index contributed by atoms with van der Waals surface area (Å²) < 4.78 is 0. The summed E-state index contributed by atoms with van der Waals surface area (Å²) in [6.07, 6.45) is 4.89. The van der Waals surface area contributed by atoms with Crippen molar-refractivity contribution in [3.05, 3.63) is 78.1 Å². The van der Waals surface area contributed by atoms with Crippen molar-refractivity contribution in [2.75, 3.05) is 11.4 Å². The van der Waals surface area contributed by atoms with Crippen LogP contribution >= 0.6 is 0 Å². The van der Waals surface area contributed by atoms with E-state index in [-0.39, 0.29) is 0 Å². The van der Waals surface area contributed by atoms with Gasteiger partial charge < -0.3 is 4.90 Å². The van der Waals surface area contributed by atoms with E-state index < -0.39 is 0 Å². The summed E-state index contributed by atoms with van der Waals surface area (Å²) in [7, 11) is 0. The number of rotatable bonds is 2. The molecule has 1 aliphatic rings. The summed E-state index contributed by atoms with van der Waals surface area (Å²) in [6.45, 7) is 1.86. The highest BCUT2D eigenvalue weighted by molar-refractivity contribution is 5.61. The largest absolute Gasteiger partial charge is 0.336 e. The fourth-order valence-corrected chi connectivity index (χ4v) is 2.93. The van der Waals surface area contributed by atoms with Gasteiger partial charge in [0.2, 0.25) is 5.95 Å². The first-order chi connectivity index (χ1) is 10.9. The quantitative estimate of drug-likeness (QED) is 0.719. The van der Waals surface area contributed by atoms with Crippen LogP contribution < -0.4 is 4.90 Å². The third-order valence-electron chi connectivity index (χ3n) is 4.16. The van der Waals surface area contributed by atoms with E-state index in [1.165, 1.54) is 11.1 Å². The lowest BCUT2D eigenvalue weighted by Gasteiger charge is -2.28. The summed E-state index contributed by atoms with van der Waals surface area (Å²) in [4.78, 5) is 11.4. The van der Waals surface area contributed by atoms with Crippen LogP contribution in [0.5, 0.6) is 0 Å². The molecule has 4 rings (SSSR count). The zero-order valence-corrected chi connectivity index (χ0v) is 12.3. The Hall–Kier alpha value is -2.68. The van der Waals surface area contributed by atoms with Crippen molar-refractivity contribution in [3.8, 4) is 11.1 Å². The van der Waals surface area contributed by atoms with Gasteiger partial charge in [-0.3, -0.25) is 0 Å². The van der Waals surface area contributed by atoms with Gasteiger partial charge in [-0.2, -0.15) is 0 Å². The lowest BCUT2D eigenvalue weighted by molar-refractivity contribution is 0.708. The van der Waals surface area contributed by atoms with Crippen molar-refractivity contribution >= 4 is 5.95 Å². The van der Waals surface area contributed by atoms with Crippen molar-refractivity contribution in [3.63, 3.8) is 0 Å². The van der Waals surface area contributed by atoms with Gasteiger partial charge in [0, 0.05) is 31.0 Å². The van der Waals surface area contributed by atoms with Crippen molar-refractivity contribution in [1.29, 1.82) is 0 Å². The second kappa shape index (κ2) is 5.60. The molecule has 0 radical (unpaired) electrons. The van der Waals surface area contributed by atoms with E-state index in [0.29, 0.717) is 0 Å². The highest BCUT2D eigenvalue weighted by Gasteiger charge is 2.17. The molecule has 0 unspecified atom stereocenters. The molecule has 0 saturated heterocycles. The number of anilines is 1. The van der Waals surface area contributed by atoms with Crippen molar-refractivity contribution in [2.24, 2.45) is 0 Å². The fraction of sp³-hybridized carbons (Fsp3) is 0.158. The zero-order chi connectivity index (χ0) is 14.8. The molecule has 0 atom stereocenters. The van der Waals surface area contributed by atoms with E-state index >= 15 is 0 Å². The Morgan fingerprint density at radius 1 is 0.727 bits per heavy atom. The Balaban J connectivity index is 1.57. The number of hydrogen-bond donors (Lipinski definition) is 0. The molecule has 3 aromatic rings. The fourth-order valence-electron chi connectivity index (χ4n) is 2.93. The molecule has 1 aromatic heterocycles. The number of nitrogens with zero attached hydrogens (tertiary/aromatic N) is 3. The van der Waals surface area contributed by atoms with Gasteiger partial charge in [0.15, 0.2) is 0 Å². The molecule has 0 spiro atoms. The summed E-state index contributed by atoms with van der Waals surface area (Å²) in [5, 5.41) is 0. The smallest absolute Gasteiger partial charge is 0.225 e. The molecule has 0 amide bonds. The minimum absolute atomic E-state index is 0.814. The van der Waals surface area contributed by atoms with Crippen molar-refractivity contribution < 1.29 is 0 Å². The first kappa shape index (κ1) is 13.0. The van der Waals surface area contributed by atoms with Gasteiger partial charge in [-0.15, -0.1) is 0 Å². The molecule has 1 aliphatic heterocycles. The molecule has 108 valence electrons. The molecule has 0 fully saturated rings. The minimum atomic E-state index is 0.814. The van der Waals surface area contributed by atoms with Crippen LogP contribution in [-0.2, 0) is 13.0 Å². The first-order valence-corrected chi connectivity index (χ1v) is 7.59. The van der Waals surface area contributed by atoms with E-state index in [4.69, 9.17) is 0 Å². The van der Waals surface area contributed by atoms with E-state index in [1.54, 1.807) is 0 Å². The van der Waals surface area contributed by atoms with Gasteiger partial charge in [-0.05, 0) is 23.1 Å². The van der Waals surface area contributed by atoms with Gasteiger partial charge in [0.05, 0.1) is 0 Å². The second-order valence-electron chi connectivity index (χ2n) is 5.58. The zero-order valence-electron chi connectivity index (χ0n) is 12.3. The maximum Gasteiger partial charge on any atom is 0.225 e. The van der Waals surface area contributed by atoms with E-state index in [1.807, 2.05) is 30.6 Å². The first-order valence-electron chi connectivity index (χ1n) is 7.59. The number of fused-ring (bicyclic) bond motifs is 1. The van der Waals surface area contributed by atoms with Crippen LogP contribution in [-0.4, -0.2) is 16.5 Å². The summed E-state index contributed by atoms with van der Waals surface area (Å²) in [5.41, 5.74) is 5.03. The maximum absolute atomic E-state index is 4.57. The van der Waals surface area contributed by atoms with Gasteiger partial charge in [0.25, 0.3) is 0 Å². The molecule has 3 nitrogen and oxygen atoms in total. The number of hydrogen-bond acceptors (Lipinski definition) is 3. The van der Waals surface area contributed by atoms with E-state index in [2.05, 4.69) is 51.3 Å². The Morgan fingerprint density at radius 2 is 1.41 bits per heavy atom. The predicted molar refractivity (Wildman–Crippen MR) is 88.7 cm³/mol. The van der Waals surface area contributed by atoms with Gasteiger partial charge in [-0.1, -0.05) is 54.6 Å². The molecule has 0 N–H and O–H groups in total. The van der Waals surface area contributed by atoms with Gasteiger partial charge >= 0.3 is 0 Å².